The maximum Gasteiger partial charge on any atom is 0.416 e. The van der Waals surface area contributed by atoms with Gasteiger partial charge in [-0.3, -0.25) is 14.8 Å². The Morgan fingerprint density at radius 2 is 1.89 bits per heavy atom. The van der Waals surface area contributed by atoms with Gasteiger partial charge in [-0.2, -0.15) is 13.2 Å². The van der Waals surface area contributed by atoms with Crippen molar-refractivity contribution in [3.05, 3.63) is 82.8 Å². The van der Waals surface area contributed by atoms with E-state index in [-0.39, 0.29) is 29.1 Å². The number of nitrogens with zero attached hydrogens (tertiary/aromatic N) is 2. The van der Waals surface area contributed by atoms with Crippen molar-refractivity contribution in [3.63, 3.8) is 0 Å². The number of hydrogen-bond acceptors (Lipinski definition) is 8. The summed E-state index contributed by atoms with van der Waals surface area (Å²) in [5, 5.41) is 7.10. The molecule has 0 unspecified atom stereocenters. The van der Waals surface area contributed by atoms with Crippen molar-refractivity contribution in [2.24, 2.45) is 0 Å². The number of methoxy groups -OCH3 is 2. The van der Waals surface area contributed by atoms with Gasteiger partial charge >= 0.3 is 6.18 Å². The smallest absolute Gasteiger partial charge is 0.416 e. The first kappa shape index (κ1) is 26.8. The van der Waals surface area contributed by atoms with Gasteiger partial charge in [0.2, 0.25) is 0 Å². The number of rotatable bonds is 8. The van der Waals surface area contributed by atoms with Crippen LogP contribution >= 0.6 is 0 Å². The molecule has 12 heteroatoms. The maximum atomic E-state index is 13.5. The Hall–Kier alpha value is -4.29. The quantitative estimate of drug-likeness (QED) is 0.345. The second-order valence-corrected chi connectivity index (χ2v) is 8.46. The van der Waals surface area contributed by atoms with E-state index in [9.17, 15) is 18.0 Å². The van der Waals surface area contributed by atoms with Gasteiger partial charge in [0.15, 0.2) is 0 Å². The van der Waals surface area contributed by atoms with Gasteiger partial charge in [-0.1, -0.05) is 6.07 Å². The number of benzene rings is 2. The molecule has 0 bridgehead atoms. The molecule has 9 nitrogen and oxygen atoms in total. The lowest BCUT2D eigenvalue weighted by atomic mass is 10.1. The van der Waals surface area contributed by atoms with Crippen molar-refractivity contribution in [3.8, 4) is 11.5 Å². The van der Waals surface area contributed by atoms with Crippen LogP contribution in [0.15, 0.2) is 55.0 Å². The molecular formula is C26H27F3N6O3. The number of hydrogen-bond donors (Lipinski definition) is 4. The average molecular weight is 529 g/mol. The Kier molecular flexibility index (Phi) is 7.74. The number of nitrogens with one attached hydrogen (secondary N) is 4. The van der Waals surface area contributed by atoms with Crippen LogP contribution in [0.5, 0.6) is 11.5 Å². The highest BCUT2D eigenvalue weighted by Crippen LogP contribution is 2.38. The van der Waals surface area contributed by atoms with E-state index in [0.29, 0.717) is 11.4 Å². The van der Waals surface area contributed by atoms with E-state index in [4.69, 9.17) is 9.47 Å². The monoisotopic (exact) mass is 528 g/mol. The van der Waals surface area contributed by atoms with E-state index in [1.165, 1.54) is 7.11 Å². The van der Waals surface area contributed by atoms with Crippen LogP contribution in [-0.4, -0.2) is 32.2 Å². The van der Waals surface area contributed by atoms with Crippen LogP contribution in [-0.2, 0) is 12.7 Å². The number of anilines is 2. The summed E-state index contributed by atoms with van der Waals surface area (Å²) in [5.41, 5.74) is 8.62. The van der Waals surface area contributed by atoms with E-state index in [2.05, 4.69) is 26.6 Å². The molecule has 4 N–H and O–H groups in total. The van der Waals surface area contributed by atoms with E-state index in [0.717, 1.165) is 29.0 Å². The van der Waals surface area contributed by atoms with Crippen molar-refractivity contribution in [2.45, 2.75) is 19.6 Å². The molecule has 0 radical (unpaired) electrons. The van der Waals surface area contributed by atoms with Crippen molar-refractivity contribution in [1.82, 2.24) is 21.3 Å². The lowest BCUT2D eigenvalue weighted by Crippen LogP contribution is -2.36. The molecule has 4 rings (SSSR count). The third-order valence-corrected chi connectivity index (χ3v) is 5.87. The third kappa shape index (κ3) is 5.66. The number of halogens is 3. The highest BCUT2D eigenvalue weighted by Gasteiger charge is 2.33. The number of hydrazine groups is 2. The van der Waals surface area contributed by atoms with E-state index in [1.807, 2.05) is 13.0 Å². The summed E-state index contributed by atoms with van der Waals surface area (Å²) >= 11 is 0. The molecule has 1 aliphatic heterocycles. The Bertz CT molecular complexity index is 1380. The van der Waals surface area contributed by atoms with Crippen LogP contribution in [0.25, 0.3) is 5.70 Å². The minimum atomic E-state index is -4.60. The maximum absolute atomic E-state index is 13.5. The van der Waals surface area contributed by atoms with Gasteiger partial charge in [0.05, 0.1) is 43.1 Å². The molecule has 0 saturated carbocycles. The molecule has 0 fully saturated rings. The van der Waals surface area contributed by atoms with Gasteiger partial charge in [0.1, 0.15) is 11.5 Å². The fraction of sp³-hybridized carbons (Fsp3) is 0.231. The summed E-state index contributed by atoms with van der Waals surface area (Å²) in [7, 11) is 4.51. The zero-order valence-corrected chi connectivity index (χ0v) is 21.2. The lowest BCUT2D eigenvalue weighted by Gasteiger charge is -2.20. The fourth-order valence-electron chi connectivity index (χ4n) is 3.98. The average Bonchev–Trinajstić information content (AvgIpc) is 3.38. The molecule has 2 aromatic carbocycles. The number of pyridine rings is 1. The predicted octanol–water partition coefficient (Wildman–Crippen LogP) is 4.23. The van der Waals surface area contributed by atoms with E-state index < -0.39 is 17.6 Å². The largest absolute Gasteiger partial charge is 0.495 e. The number of alkyl halides is 3. The number of ether oxygens (including phenoxy) is 2. The molecular weight excluding hydrogens is 501 g/mol. The third-order valence-electron chi connectivity index (χ3n) is 5.87. The molecule has 200 valence electrons. The summed E-state index contributed by atoms with van der Waals surface area (Å²) in [5.74, 6) is 0.159. The van der Waals surface area contributed by atoms with E-state index in [1.54, 1.807) is 56.0 Å². The van der Waals surface area contributed by atoms with E-state index >= 15 is 0 Å². The second kappa shape index (κ2) is 11.0. The summed E-state index contributed by atoms with van der Waals surface area (Å²) in [4.78, 5) is 17.3. The highest BCUT2D eigenvalue weighted by molar-refractivity contribution is 6.06. The number of aromatic nitrogens is 1. The van der Waals surface area contributed by atoms with Gasteiger partial charge in [0.25, 0.3) is 5.91 Å². The normalized spacial score (nSPS) is 13.1. The Labute approximate surface area is 217 Å². The predicted molar refractivity (Wildman–Crippen MR) is 137 cm³/mol. The molecule has 0 saturated heterocycles. The van der Waals surface area contributed by atoms with Crippen LogP contribution in [0, 0.1) is 6.92 Å². The van der Waals surface area contributed by atoms with Crippen LogP contribution in [0.1, 0.15) is 32.6 Å². The standard InChI is InChI=1S/C26H27F3N6O3/c1-15-5-6-16(9-23(15)35-14-22(33-34-35)17-8-20(37-3)13-31-12-17)25(36)32-21-10-19(26(27,28)29)7-18(11-30-2)24(21)38-4/h5-10,12-14,30,33-34H,11H2,1-4H3,(H,32,36). The molecule has 1 amide bonds. The summed E-state index contributed by atoms with van der Waals surface area (Å²) < 4.78 is 51.2. The summed E-state index contributed by atoms with van der Waals surface area (Å²) in [6.07, 6.45) is 0.466. The molecule has 38 heavy (non-hydrogen) atoms. The van der Waals surface area contributed by atoms with Crippen molar-refractivity contribution < 1.29 is 27.4 Å². The Morgan fingerprint density at radius 1 is 1.11 bits per heavy atom. The van der Waals surface area contributed by atoms with Gasteiger partial charge < -0.3 is 25.5 Å². The Morgan fingerprint density at radius 3 is 2.58 bits per heavy atom. The lowest BCUT2D eigenvalue weighted by molar-refractivity contribution is -0.137. The summed E-state index contributed by atoms with van der Waals surface area (Å²) in [6.45, 7) is 1.99. The van der Waals surface area contributed by atoms with Crippen molar-refractivity contribution in [1.29, 1.82) is 0 Å². The first-order valence-corrected chi connectivity index (χ1v) is 11.5. The molecule has 3 aromatic rings. The topological polar surface area (TPSA) is 99.8 Å². The first-order chi connectivity index (χ1) is 18.1. The number of carbonyl (C=O) groups is 1. The molecule has 0 spiro atoms. The van der Waals surface area contributed by atoms with Crippen LogP contribution in [0.3, 0.4) is 0 Å². The van der Waals surface area contributed by atoms with Gasteiger partial charge in [-0.05, 0) is 49.9 Å². The number of amides is 1. The zero-order valence-electron chi connectivity index (χ0n) is 21.2. The first-order valence-electron chi connectivity index (χ1n) is 11.5. The molecule has 2 heterocycles. The SMILES string of the molecule is CNCc1cc(C(F)(F)F)cc(NC(=O)c2ccc(C)c(N3C=C(c4cncc(OC)c4)NN3)c2)c1OC. The fourth-order valence-corrected chi connectivity index (χ4v) is 3.98. The number of aryl methyl sites for hydroxylation is 1. The zero-order chi connectivity index (χ0) is 27.4. The number of carbonyl (C=O) groups excluding carboxylic acids is 1. The molecule has 0 atom stereocenters. The van der Waals surface area contributed by atoms with Crippen LogP contribution in [0.4, 0.5) is 24.5 Å². The van der Waals surface area contributed by atoms with Gasteiger partial charge in [0, 0.05) is 35.6 Å². The van der Waals surface area contributed by atoms with Crippen molar-refractivity contribution >= 4 is 23.0 Å². The van der Waals surface area contributed by atoms with Gasteiger partial charge in [-0.15, -0.1) is 5.53 Å². The van der Waals surface area contributed by atoms with Crippen molar-refractivity contribution in [2.75, 3.05) is 31.6 Å². The molecule has 1 aliphatic rings. The minimum absolute atomic E-state index is 0.0756. The van der Waals surface area contributed by atoms with Gasteiger partial charge in [-0.25, -0.2) is 0 Å². The van der Waals surface area contributed by atoms with Crippen LogP contribution in [0.2, 0.25) is 0 Å². The minimum Gasteiger partial charge on any atom is -0.495 e. The molecule has 1 aromatic heterocycles. The highest BCUT2D eigenvalue weighted by atomic mass is 19.4. The second-order valence-electron chi connectivity index (χ2n) is 8.46. The Balaban J connectivity index is 1.63. The molecule has 0 aliphatic carbocycles. The summed E-state index contributed by atoms with van der Waals surface area (Å²) in [6, 6.07) is 8.68. The van der Waals surface area contributed by atoms with Crippen LogP contribution < -0.4 is 36.1 Å².